The molecule has 0 spiro atoms. The number of esters is 1. The van der Waals surface area contributed by atoms with Gasteiger partial charge in [-0.3, -0.25) is 0 Å². The van der Waals surface area contributed by atoms with Crippen LogP contribution in [0.25, 0.3) is 6.08 Å². The minimum atomic E-state index is -0.381. The fraction of sp³-hybridized carbons (Fsp3) is 0.375. The predicted octanol–water partition coefficient (Wildman–Crippen LogP) is 5.90. The lowest BCUT2D eigenvalue weighted by atomic mass is 10.2. The molecule has 0 aliphatic rings. The molecule has 0 aromatic heterocycles. The summed E-state index contributed by atoms with van der Waals surface area (Å²) >= 11 is 0. The average Bonchev–Trinajstić information content (AvgIpc) is 2.60. The number of carbonyl (C=O) groups excluding carboxylic acids is 1. The van der Waals surface area contributed by atoms with Gasteiger partial charge in [0.15, 0.2) is 11.5 Å². The summed E-state index contributed by atoms with van der Waals surface area (Å²) in [5.74, 6) is 0.927. The van der Waals surface area contributed by atoms with Gasteiger partial charge in [0.2, 0.25) is 0 Å². The Morgan fingerprint density at radius 2 is 1.32 bits per heavy atom. The van der Waals surface area contributed by atoms with Crippen LogP contribution in [0.1, 0.15) is 47.1 Å². The van der Waals surface area contributed by atoms with Gasteiger partial charge in [-0.15, -0.1) is 0 Å². The van der Waals surface area contributed by atoms with Gasteiger partial charge in [-0.05, 0) is 83.5 Å². The first-order valence-corrected chi connectivity index (χ1v) is 9.42. The minimum Gasteiger partial charge on any atom is -0.486 e. The zero-order chi connectivity index (χ0) is 20.9. The molecule has 1 rings (SSSR count). The van der Waals surface area contributed by atoms with Gasteiger partial charge in [0.05, 0.1) is 0 Å². The van der Waals surface area contributed by atoms with Crippen molar-refractivity contribution in [3.05, 3.63) is 64.8 Å². The summed E-state index contributed by atoms with van der Waals surface area (Å²) in [5.41, 5.74) is 4.32. The van der Waals surface area contributed by atoms with Crippen LogP contribution in [0, 0.1) is 0 Å². The average molecular weight is 385 g/mol. The van der Waals surface area contributed by atoms with E-state index < -0.39 is 0 Å². The van der Waals surface area contributed by atoms with Crippen molar-refractivity contribution >= 4 is 12.0 Å². The quantitative estimate of drug-likeness (QED) is 0.286. The van der Waals surface area contributed by atoms with Crippen LogP contribution >= 0.6 is 0 Å². The molecule has 4 heteroatoms. The molecule has 0 saturated heterocycles. The zero-order valence-corrected chi connectivity index (χ0v) is 17.9. The largest absolute Gasteiger partial charge is 0.486 e. The van der Waals surface area contributed by atoms with Crippen LogP contribution in [0.5, 0.6) is 11.5 Å². The fourth-order valence-electron chi connectivity index (χ4n) is 1.96. The normalized spacial score (nSPS) is 10.2. The second-order valence-electron chi connectivity index (χ2n) is 7.14. The lowest BCUT2D eigenvalue weighted by Crippen LogP contribution is -2.01. The summed E-state index contributed by atoms with van der Waals surface area (Å²) in [6.07, 6.45) is 8.99. The van der Waals surface area contributed by atoms with Crippen molar-refractivity contribution in [2.24, 2.45) is 0 Å². The first-order valence-electron chi connectivity index (χ1n) is 9.42. The smallest absolute Gasteiger partial charge is 0.331 e. The molecule has 28 heavy (non-hydrogen) atoms. The molecule has 0 amide bonds. The van der Waals surface area contributed by atoms with Crippen LogP contribution in [0.15, 0.2) is 59.2 Å². The third-order valence-electron chi connectivity index (χ3n) is 3.56. The molecule has 0 unspecified atom stereocenters. The molecule has 1 aromatic rings. The van der Waals surface area contributed by atoms with E-state index in [1.165, 1.54) is 17.2 Å². The van der Waals surface area contributed by atoms with Crippen LogP contribution in [0.3, 0.4) is 0 Å². The van der Waals surface area contributed by atoms with Crippen molar-refractivity contribution < 1.29 is 19.0 Å². The highest BCUT2D eigenvalue weighted by atomic mass is 16.5. The molecule has 0 radical (unpaired) electrons. The van der Waals surface area contributed by atoms with Gasteiger partial charge in [0.25, 0.3) is 0 Å². The lowest BCUT2D eigenvalue weighted by molar-refractivity contribution is -0.136. The molecule has 0 saturated carbocycles. The zero-order valence-electron chi connectivity index (χ0n) is 17.9. The molecule has 1 aromatic carbocycles. The molecule has 0 fully saturated rings. The molecule has 152 valence electrons. The van der Waals surface area contributed by atoms with Crippen molar-refractivity contribution in [1.82, 2.24) is 0 Å². The molecular weight excluding hydrogens is 352 g/mol. The molecule has 0 N–H and O–H groups in total. The van der Waals surface area contributed by atoms with Gasteiger partial charge in [-0.1, -0.05) is 22.8 Å². The summed E-state index contributed by atoms with van der Waals surface area (Å²) in [5, 5.41) is 0. The Bertz CT molecular complexity index is 755. The Hall–Kier alpha value is -2.75. The highest BCUT2D eigenvalue weighted by Crippen LogP contribution is 2.29. The standard InChI is InChI=1S/C24H32O4/c1-18(2)11-14-26-22-9-7-21(17-23(22)27-15-12-19(3)4)8-10-24(25)28-16-13-20(5)6/h7-13,17H,14-16H2,1-6H3/b10-8+. The van der Waals surface area contributed by atoms with E-state index in [1.54, 1.807) is 6.08 Å². The number of allylic oxidation sites excluding steroid dienone is 3. The lowest BCUT2D eigenvalue weighted by Gasteiger charge is -2.12. The minimum absolute atomic E-state index is 0.277. The Labute approximate surface area is 169 Å². The van der Waals surface area contributed by atoms with Crippen LogP contribution < -0.4 is 9.47 Å². The number of hydrogen-bond donors (Lipinski definition) is 0. The Morgan fingerprint density at radius 1 is 0.786 bits per heavy atom. The number of rotatable bonds is 10. The van der Waals surface area contributed by atoms with E-state index in [2.05, 4.69) is 0 Å². The monoisotopic (exact) mass is 384 g/mol. The van der Waals surface area contributed by atoms with Gasteiger partial charge < -0.3 is 14.2 Å². The summed E-state index contributed by atoms with van der Waals surface area (Å²) in [6, 6.07) is 5.59. The van der Waals surface area contributed by atoms with Gasteiger partial charge >= 0.3 is 5.97 Å². The SMILES string of the molecule is CC(C)=CCOC(=O)/C=C/c1ccc(OCC=C(C)C)c(OCC=C(C)C)c1. The van der Waals surface area contributed by atoms with Crippen molar-refractivity contribution in [3.63, 3.8) is 0 Å². The number of hydrogen-bond acceptors (Lipinski definition) is 4. The van der Waals surface area contributed by atoms with Crippen molar-refractivity contribution in [1.29, 1.82) is 0 Å². The van der Waals surface area contributed by atoms with Gasteiger partial charge in [-0.2, -0.15) is 0 Å². The summed E-state index contributed by atoms with van der Waals surface area (Å²) in [6.45, 7) is 13.2. The molecule has 0 aliphatic carbocycles. The first-order chi connectivity index (χ1) is 13.3. The Morgan fingerprint density at radius 3 is 1.89 bits per heavy atom. The molecule has 0 atom stereocenters. The van der Waals surface area contributed by atoms with E-state index in [4.69, 9.17) is 14.2 Å². The molecule has 0 heterocycles. The fourth-order valence-corrected chi connectivity index (χ4v) is 1.96. The molecule has 0 bridgehead atoms. The van der Waals surface area contributed by atoms with Gasteiger partial charge in [-0.25, -0.2) is 4.79 Å². The van der Waals surface area contributed by atoms with Gasteiger partial charge in [0, 0.05) is 6.08 Å². The van der Waals surface area contributed by atoms with Crippen LogP contribution in [0.2, 0.25) is 0 Å². The second-order valence-corrected chi connectivity index (χ2v) is 7.14. The van der Waals surface area contributed by atoms with Crippen molar-refractivity contribution in [3.8, 4) is 11.5 Å². The molecular formula is C24H32O4. The third kappa shape index (κ3) is 10.4. The van der Waals surface area contributed by atoms with Crippen molar-refractivity contribution in [2.45, 2.75) is 41.5 Å². The van der Waals surface area contributed by atoms with E-state index in [9.17, 15) is 4.79 Å². The van der Waals surface area contributed by atoms with E-state index in [0.717, 1.165) is 11.1 Å². The topological polar surface area (TPSA) is 44.8 Å². The highest BCUT2D eigenvalue weighted by Gasteiger charge is 2.06. The maximum absolute atomic E-state index is 11.8. The van der Waals surface area contributed by atoms with E-state index >= 15 is 0 Å². The van der Waals surface area contributed by atoms with Gasteiger partial charge in [0.1, 0.15) is 19.8 Å². The van der Waals surface area contributed by atoms with E-state index in [-0.39, 0.29) is 12.6 Å². The molecule has 4 nitrogen and oxygen atoms in total. The highest BCUT2D eigenvalue weighted by molar-refractivity contribution is 5.87. The summed E-state index contributed by atoms with van der Waals surface area (Å²) < 4.78 is 16.8. The van der Waals surface area contributed by atoms with Crippen LogP contribution in [-0.2, 0) is 9.53 Å². The third-order valence-corrected chi connectivity index (χ3v) is 3.56. The second kappa shape index (κ2) is 12.6. The Balaban J connectivity index is 2.87. The summed E-state index contributed by atoms with van der Waals surface area (Å²) in [4.78, 5) is 11.8. The van der Waals surface area contributed by atoms with Crippen molar-refractivity contribution in [2.75, 3.05) is 19.8 Å². The number of benzene rings is 1. The predicted molar refractivity (Wildman–Crippen MR) is 116 cm³/mol. The Kier molecular flexibility index (Phi) is 10.5. The van der Waals surface area contributed by atoms with E-state index in [0.29, 0.717) is 24.7 Å². The summed E-state index contributed by atoms with van der Waals surface area (Å²) in [7, 11) is 0. The number of carbonyl (C=O) groups is 1. The van der Waals surface area contributed by atoms with E-state index in [1.807, 2.05) is 78.0 Å². The molecule has 0 aliphatic heterocycles. The maximum atomic E-state index is 11.8. The van der Waals surface area contributed by atoms with Crippen LogP contribution in [0.4, 0.5) is 0 Å². The number of ether oxygens (including phenoxy) is 3. The maximum Gasteiger partial charge on any atom is 0.331 e. The first kappa shape index (κ1) is 23.3. The van der Waals surface area contributed by atoms with Crippen LogP contribution in [-0.4, -0.2) is 25.8 Å².